The largest absolute Gasteiger partial charge is 0.508 e. The number of halogens is 1. The van der Waals surface area contributed by atoms with Crippen LogP contribution in [-0.2, 0) is 16.9 Å². The molecule has 0 radical (unpaired) electrons. The second-order valence-corrected chi connectivity index (χ2v) is 12.2. The molecule has 1 aromatic heterocycles. The number of phenolic OH excluding ortho intramolecular Hbond substituents is 2. The summed E-state index contributed by atoms with van der Waals surface area (Å²) in [6.07, 6.45) is 1.49. The van der Waals surface area contributed by atoms with E-state index in [0.29, 0.717) is 49.3 Å². The number of imide groups is 1. The highest BCUT2D eigenvalue weighted by Gasteiger charge is 2.53. The van der Waals surface area contributed by atoms with Gasteiger partial charge >= 0.3 is 6.03 Å². The molecule has 1 saturated heterocycles. The Bertz CT molecular complexity index is 2100. The Hall–Kier alpha value is -5.90. The number of ether oxygens (including phenoxy) is 2. The Morgan fingerprint density at radius 3 is 2.14 bits per heavy atom. The molecule has 0 spiro atoms. The van der Waals surface area contributed by atoms with Crippen LogP contribution in [0.25, 0.3) is 11.0 Å². The van der Waals surface area contributed by atoms with Gasteiger partial charge in [0.2, 0.25) is 0 Å². The van der Waals surface area contributed by atoms with Gasteiger partial charge in [0.25, 0.3) is 11.8 Å². The maximum atomic E-state index is 13.0. The van der Waals surface area contributed by atoms with Crippen molar-refractivity contribution in [2.24, 2.45) is 0 Å². The summed E-state index contributed by atoms with van der Waals surface area (Å²) < 4.78 is 17.1. The van der Waals surface area contributed by atoms with Gasteiger partial charge in [-0.15, -0.1) is 0 Å². The molecule has 13 nitrogen and oxygen atoms in total. The second-order valence-electron chi connectivity index (χ2n) is 11.1. The summed E-state index contributed by atoms with van der Waals surface area (Å²) in [5.74, 6) is 1.01. The summed E-state index contributed by atoms with van der Waals surface area (Å²) in [5, 5.41) is 23.4. The number of fused-ring (bicyclic) bond motifs is 2. The van der Waals surface area contributed by atoms with Gasteiger partial charge in [0.1, 0.15) is 46.9 Å². The topological polar surface area (TPSA) is 185 Å². The van der Waals surface area contributed by atoms with Crippen molar-refractivity contribution in [1.29, 1.82) is 0 Å². The van der Waals surface area contributed by atoms with Crippen molar-refractivity contribution in [3.8, 4) is 23.0 Å². The first-order chi connectivity index (χ1) is 24.0. The van der Waals surface area contributed by atoms with Gasteiger partial charge in [0.15, 0.2) is 5.54 Å². The lowest BCUT2D eigenvalue weighted by Crippen LogP contribution is -2.52. The highest BCUT2D eigenvalue weighted by Crippen LogP contribution is 2.36. The lowest BCUT2D eigenvalue weighted by Gasteiger charge is -2.29. The molecular weight excluding hydrogens is 761 g/mol. The Kier molecular flexibility index (Phi) is 10.7. The summed E-state index contributed by atoms with van der Waals surface area (Å²) in [6.45, 7) is 0.217. The van der Waals surface area contributed by atoms with Gasteiger partial charge in [-0.25, -0.2) is 4.79 Å². The van der Waals surface area contributed by atoms with Crippen LogP contribution in [0.15, 0.2) is 89.3 Å². The zero-order valence-corrected chi connectivity index (χ0v) is 28.8. The number of furan rings is 1. The van der Waals surface area contributed by atoms with Crippen LogP contribution >= 0.6 is 22.6 Å². The zero-order valence-electron chi connectivity index (χ0n) is 26.6. The Labute approximate surface area is 298 Å². The van der Waals surface area contributed by atoms with Gasteiger partial charge in [-0.3, -0.25) is 24.5 Å². The number of carbonyl (C=O) groups is 5. The molecule has 1 fully saturated rings. The molecule has 4 amide bonds. The minimum Gasteiger partial charge on any atom is -0.508 e. The maximum Gasteiger partial charge on any atom is 0.322 e. The number of carbonyl (C=O) groups excluding carboxylic acids is 5. The lowest BCUT2D eigenvalue weighted by molar-refractivity contribution is -0.125. The second kappa shape index (κ2) is 15.1. The fourth-order valence-electron chi connectivity index (χ4n) is 5.24. The number of nitrogens with zero attached hydrogens (tertiary/aromatic N) is 1. The van der Waals surface area contributed by atoms with Crippen molar-refractivity contribution in [2.45, 2.75) is 12.1 Å². The predicted octanol–water partition coefficient (Wildman–Crippen LogP) is 5.15. The maximum absolute atomic E-state index is 13.0. The molecule has 7 rings (SSSR count). The third kappa shape index (κ3) is 7.54. The van der Waals surface area contributed by atoms with Crippen LogP contribution in [0.3, 0.4) is 0 Å². The van der Waals surface area contributed by atoms with Crippen molar-refractivity contribution in [1.82, 2.24) is 15.5 Å². The van der Waals surface area contributed by atoms with Crippen LogP contribution in [0.4, 0.5) is 4.79 Å². The van der Waals surface area contributed by atoms with E-state index in [-0.39, 0.29) is 29.7 Å². The number of hydrogen-bond donors (Lipinski definition) is 4. The number of methoxy groups -OCH3 is 2. The van der Waals surface area contributed by atoms with Gasteiger partial charge in [0.05, 0.1) is 24.3 Å². The van der Waals surface area contributed by atoms with Crippen LogP contribution in [0.1, 0.15) is 42.4 Å². The minimum atomic E-state index is -1.55. The first-order valence-electron chi connectivity index (χ1n) is 14.9. The average Bonchev–Trinajstić information content (AvgIpc) is 3.78. The normalized spacial score (nSPS) is 15.9. The first-order valence-corrected chi connectivity index (χ1v) is 15.9. The summed E-state index contributed by atoms with van der Waals surface area (Å²) >= 11 is 1.96. The van der Waals surface area contributed by atoms with Crippen molar-refractivity contribution in [3.63, 3.8) is 0 Å². The third-order valence-corrected chi connectivity index (χ3v) is 8.71. The molecule has 0 aliphatic carbocycles. The summed E-state index contributed by atoms with van der Waals surface area (Å²) in [4.78, 5) is 59.8. The van der Waals surface area contributed by atoms with Crippen LogP contribution in [0, 0.1) is 3.57 Å². The molecule has 4 N–H and O–H groups in total. The number of phenols is 2. The van der Waals surface area contributed by atoms with Gasteiger partial charge < -0.3 is 34.3 Å². The quantitative estimate of drug-likeness (QED) is 0.0977. The molecule has 0 bridgehead atoms. The monoisotopic (exact) mass is 791 g/mol. The Morgan fingerprint density at radius 2 is 1.52 bits per heavy atom. The number of rotatable bonds is 7. The molecule has 256 valence electrons. The fraction of sp³-hybridized carbons (Fsp3) is 0.139. The molecule has 5 aromatic rings. The standard InChI is InChI=1S/C22H19N3O6.C7H5IO2.C7H6O2/c1-29-14-5-6-17-13(7-14)8-18(31-17)22(20(27)23-21(28)24-22)11-25-10-12-3-4-15(30-2)9-16(12)19(25)26;8-6-3-5(4-9)1-2-7(6)10;8-5-6-1-3-7(9)4-2-6/h3-9H,10-11H2,1-2H3,(H2,23,24,27,28);1-4,10H;1-5,9H/t22-;;/m0../s1. The third-order valence-electron chi connectivity index (χ3n) is 7.85. The van der Waals surface area contributed by atoms with Crippen LogP contribution in [0.2, 0.25) is 0 Å². The Morgan fingerprint density at radius 1 is 0.860 bits per heavy atom. The minimum absolute atomic E-state index is 0.0860. The van der Waals surface area contributed by atoms with Crippen molar-refractivity contribution in [3.05, 3.63) is 117 Å². The number of aldehydes is 2. The van der Waals surface area contributed by atoms with E-state index < -0.39 is 17.5 Å². The first kappa shape index (κ1) is 35.4. The van der Waals surface area contributed by atoms with Gasteiger partial charge in [-0.1, -0.05) is 6.07 Å². The van der Waals surface area contributed by atoms with Crippen LogP contribution in [-0.4, -0.2) is 66.3 Å². The smallest absolute Gasteiger partial charge is 0.322 e. The van der Waals surface area contributed by atoms with E-state index in [1.807, 2.05) is 28.7 Å². The van der Waals surface area contributed by atoms with Crippen LogP contribution in [0.5, 0.6) is 23.0 Å². The highest BCUT2D eigenvalue weighted by molar-refractivity contribution is 14.1. The lowest BCUT2D eigenvalue weighted by atomic mass is 9.95. The Balaban J connectivity index is 0.000000208. The summed E-state index contributed by atoms with van der Waals surface area (Å²) in [7, 11) is 3.09. The molecule has 1 atom stereocenters. The van der Waals surface area contributed by atoms with E-state index >= 15 is 0 Å². The molecule has 14 heteroatoms. The van der Waals surface area contributed by atoms with E-state index in [1.165, 1.54) is 30.2 Å². The van der Waals surface area contributed by atoms with Crippen molar-refractivity contribution in [2.75, 3.05) is 20.8 Å². The summed E-state index contributed by atoms with van der Waals surface area (Å²) in [6, 6.07) is 22.3. The van der Waals surface area contributed by atoms with Gasteiger partial charge in [0, 0.05) is 28.6 Å². The van der Waals surface area contributed by atoms with Crippen LogP contribution < -0.4 is 20.1 Å². The van der Waals surface area contributed by atoms with Gasteiger partial charge in [-0.2, -0.15) is 0 Å². The van der Waals surface area contributed by atoms with Crippen molar-refractivity contribution >= 4 is 64.0 Å². The van der Waals surface area contributed by atoms with E-state index in [2.05, 4.69) is 10.6 Å². The van der Waals surface area contributed by atoms with Gasteiger partial charge in [-0.05, 0) is 107 Å². The predicted molar refractivity (Wildman–Crippen MR) is 189 cm³/mol. The van der Waals surface area contributed by atoms with E-state index in [9.17, 15) is 24.0 Å². The van der Waals surface area contributed by atoms with Crippen molar-refractivity contribution < 1.29 is 48.1 Å². The number of hydrogen-bond acceptors (Lipinski definition) is 10. The molecule has 50 heavy (non-hydrogen) atoms. The molecule has 2 aliphatic heterocycles. The fourth-order valence-corrected chi connectivity index (χ4v) is 5.78. The number of nitrogens with one attached hydrogen (secondary N) is 2. The summed E-state index contributed by atoms with van der Waals surface area (Å²) in [5.41, 5.74) is 1.47. The average molecular weight is 792 g/mol. The number of amides is 4. The van der Waals surface area contributed by atoms with E-state index in [0.717, 1.165) is 18.1 Å². The number of urea groups is 1. The molecule has 4 aromatic carbocycles. The molecular formula is C36H30IN3O10. The molecule has 2 aliphatic rings. The zero-order chi connectivity index (χ0) is 36.0. The molecule has 3 heterocycles. The molecule has 0 unspecified atom stereocenters. The van der Waals surface area contributed by atoms with E-state index in [1.54, 1.807) is 67.8 Å². The number of aromatic hydroxyl groups is 2. The highest BCUT2D eigenvalue weighted by atomic mass is 127. The SMILES string of the molecule is COc1ccc2c(c1)C(=O)N(C[C@@]1(c3cc4cc(OC)ccc4o3)NC(=O)NC1=O)C2.O=Cc1ccc(O)c(I)c1.O=Cc1ccc(O)cc1. The molecule has 0 saturated carbocycles. The number of benzene rings is 4. The van der Waals surface area contributed by atoms with E-state index in [4.69, 9.17) is 24.1 Å².